The number of aliphatic hydroxyl groups excluding tert-OH is 1. The molecule has 1 aromatic rings. The Morgan fingerprint density at radius 1 is 1.35 bits per heavy atom. The summed E-state index contributed by atoms with van der Waals surface area (Å²) in [6.07, 6.45) is 2.52. The first-order chi connectivity index (χ1) is 9.48. The summed E-state index contributed by atoms with van der Waals surface area (Å²) in [5, 5.41) is 12.4. The second-order valence-electron chi connectivity index (χ2n) is 6.19. The molecular weight excluding hydrogens is 252 g/mol. The fourth-order valence-electron chi connectivity index (χ4n) is 2.65. The van der Waals surface area contributed by atoms with E-state index in [-0.39, 0.29) is 18.6 Å². The lowest BCUT2D eigenvalue weighted by Gasteiger charge is -2.22. The summed E-state index contributed by atoms with van der Waals surface area (Å²) >= 11 is 0. The Kier molecular flexibility index (Phi) is 4.33. The molecule has 1 unspecified atom stereocenters. The van der Waals surface area contributed by atoms with E-state index in [1.54, 1.807) is 0 Å². The molecule has 4 N–H and O–H groups in total. The summed E-state index contributed by atoms with van der Waals surface area (Å²) in [5.41, 5.74) is 7.01. The molecule has 1 aromatic carbocycles. The first-order valence-corrected chi connectivity index (χ1v) is 7.26. The van der Waals surface area contributed by atoms with Gasteiger partial charge in [0.1, 0.15) is 0 Å². The number of aliphatic hydroxyl groups is 1. The second-order valence-corrected chi connectivity index (χ2v) is 6.19. The molecule has 1 atom stereocenters. The number of anilines is 1. The van der Waals surface area contributed by atoms with Gasteiger partial charge < -0.3 is 16.2 Å². The highest BCUT2D eigenvalue weighted by Crippen LogP contribution is 2.48. The quantitative estimate of drug-likeness (QED) is 0.694. The number of carbonyl (C=O) groups excluding carboxylic acids is 1. The van der Waals surface area contributed by atoms with Gasteiger partial charge in [-0.3, -0.25) is 4.79 Å². The topological polar surface area (TPSA) is 75.3 Å². The van der Waals surface area contributed by atoms with E-state index < -0.39 is 5.41 Å². The number of nitrogens with two attached hydrogens (primary N) is 1. The number of rotatable bonds is 6. The molecule has 1 fully saturated rings. The van der Waals surface area contributed by atoms with E-state index in [4.69, 9.17) is 5.73 Å². The van der Waals surface area contributed by atoms with Crippen LogP contribution in [-0.2, 0) is 10.2 Å². The van der Waals surface area contributed by atoms with Crippen LogP contribution in [0.5, 0.6) is 0 Å². The Morgan fingerprint density at radius 2 is 1.95 bits per heavy atom. The van der Waals surface area contributed by atoms with Gasteiger partial charge in [-0.2, -0.15) is 0 Å². The Morgan fingerprint density at radius 3 is 2.40 bits per heavy atom. The zero-order chi connectivity index (χ0) is 14.8. The highest BCUT2D eigenvalue weighted by atomic mass is 16.3. The molecule has 0 heterocycles. The van der Waals surface area contributed by atoms with Crippen LogP contribution in [0.25, 0.3) is 0 Å². The molecule has 4 heteroatoms. The largest absolute Gasteiger partial charge is 0.399 e. The normalized spacial score (nSPS) is 17.8. The predicted molar refractivity (Wildman–Crippen MR) is 80.2 cm³/mol. The number of nitrogens with one attached hydrogen (secondary N) is 1. The molecule has 110 valence electrons. The average molecular weight is 276 g/mol. The number of benzene rings is 1. The molecule has 0 bridgehead atoms. The van der Waals surface area contributed by atoms with Crippen LogP contribution in [-0.4, -0.2) is 23.7 Å². The van der Waals surface area contributed by atoms with Crippen LogP contribution in [0, 0.1) is 5.92 Å². The van der Waals surface area contributed by atoms with E-state index in [0.717, 1.165) is 24.8 Å². The summed E-state index contributed by atoms with van der Waals surface area (Å²) in [5.74, 6) is 0.473. The first-order valence-electron chi connectivity index (χ1n) is 7.26. The summed E-state index contributed by atoms with van der Waals surface area (Å²) in [7, 11) is 0. The number of carbonyl (C=O) groups is 1. The third-order valence-electron chi connectivity index (χ3n) is 3.96. The van der Waals surface area contributed by atoms with Crippen LogP contribution >= 0.6 is 0 Å². The number of hydrogen-bond donors (Lipinski definition) is 3. The highest BCUT2D eigenvalue weighted by molar-refractivity contribution is 5.91. The predicted octanol–water partition coefficient (Wildman–Crippen LogP) is 1.82. The third kappa shape index (κ3) is 3.12. The molecular formula is C16H24N2O2. The molecule has 2 rings (SSSR count). The minimum atomic E-state index is -0.405. The Labute approximate surface area is 120 Å². The molecule has 4 nitrogen and oxygen atoms in total. The van der Waals surface area contributed by atoms with Crippen molar-refractivity contribution in [1.29, 1.82) is 0 Å². The van der Waals surface area contributed by atoms with Crippen molar-refractivity contribution >= 4 is 11.6 Å². The smallest absolute Gasteiger partial charge is 0.230 e. The van der Waals surface area contributed by atoms with Gasteiger partial charge in [-0.15, -0.1) is 0 Å². The van der Waals surface area contributed by atoms with E-state index in [1.165, 1.54) is 0 Å². The Hall–Kier alpha value is -1.55. The summed E-state index contributed by atoms with van der Waals surface area (Å²) in [6, 6.07) is 7.37. The maximum Gasteiger partial charge on any atom is 0.230 e. The average Bonchev–Trinajstić information content (AvgIpc) is 3.19. The van der Waals surface area contributed by atoms with E-state index in [1.807, 2.05) is 24.3 Å². The maximum atomic E-state index is 12.5. The van der Waals surface area contributed by atoms with Gasteiger partial charge in [0.2, 0.25) is 5.91 Å². The Bertz CT molecular complexity index is 464. The summed E-state index contributed by atoms with van der Waals surface area (Å²) in [6.45, 7) is 4.16. The zero-order valence-electron chi connectivity index (χ0n) is 12.2. The van der Waals surface area contributed by atoms with Crippen molar-refractivity contribution in [2.45, 2.75) is 44.6 Å². The van der Waals surface area contributed by atoms with E-state index in [0.29, 0.717) is 11.6 Å². The van der Waals surface area contributed by atoms with Gasteiger partial charge in [-0.1, -0.05) is 26.0 Å². The fourth-order valence-corrected chi connectivity index (χ4v) is 2.65. The van der Waals surface area contributed by atoms with Gasteiger partial charge in [0, 0.05) is 5.69 Å². The molecule has 0 saturated heterocycles. The lowest BCUT2D eigenvalue weighted by molar-refractivity contribution is -0.124. The van der Waals surface area contributed by atoms with Crippen molar-refractivity contribution in [2.24, 2.45) is 5.92 Å². The molecule has 0 spiro atoms. The monoisotopic (exact) mass is 276 g/mol. The van der Waals surface area contributed by atoms with Crippen molar-refractivity contribution in [1.82, 2.24) is 5.32 Å². The lowest BCUT2D eigenvalue weighted by atomic mass is 9.93. The minimum absolute atomic E-state index is 0.0122. The summed E-state index contributed by atoms with van der Waals surface area (Å²) in [4.78, 5) is 12.5. The zero-order valence-corrected chi connectivity index (χ0v) is 12.2. The fraction of sp³-hybridized carbons (Fsp3) is 0.562. The number of hydrogen-bond acceptors (Lipinski definition) is 3. The molecule has 20 heavy (non-hydrogen) atoms. The van der Waals surface area contributed by atoms with E-state index >= 15 is 0 Å². The van der Waals surface area contributed by atoms with Crippen molar-refractivity contribution < 1.29 is 9.90 Å². The molecule has 1 amide bonds. The van der Waals surface area contributed by atoms with Gasteiger partial charge in [-0.05, 0) is 42.9 Å². The van der Waals surface area contributed by atoms with Crippen LogP contribution in [0.4, 0.5) is 5.69 Å². The third-order valence-corrected chi connectivity index (χ3v) is 3.96. The number of amides is 1. The van der Waals surface area contributed by atoms with Crippen LogP contribution in [0.15, 0.2) is 24.3 Å². The molecule has 0 aliphatic heterocycles. The maximum absolute atomic E-state index is 12.5. The van der Waals surface area contributed by atoms with Crippen LogP contribution in [0.1, 0.15) is 38.7 Å². The minimum Gasteiger partial charge on any atom is -0.399 e. The standard InChI is InChI=1S/C16H24N2O2/c1-11(2)9-14(10-19)18-15(20)16(7-8-16)12-3-5-13(17)6-4-12/h3-6,11,14,19H,7-10,17H2,1-2H3,(H,18,20). The van der Waals surface area contributed by atoms with Gasteiger partial charge in [0.05, 0.1) is 18.1 Å². The van der Waals surface area contributed by atoms with Crippen molar-refractivity contribution in [3.05, 3.63) is 29.8 Å². The molecule has 0 radical (unpaired) electrons. The summed E-state index contributed by atoms with van der Waals surface area (Å²) < 4.78 is 0. The highest BCUT2D eigenvalue weighted by Gasteiger charge is 2.51. The SMILES string of the molecule is CC(C)CC(CO)NC(=O)C1(c2ccc(N)cc2)CC1. The van der Waals surface area contributed by atoms with Gasteiger partial charge in [0.25, 0.3) is 0 Å². The van der Waals surface area contributed by atoms with Crippen molar-refractivity contribution in [3.8, 4) is 0 Å². The van der Waals surface area contributed by atoms with Gasteiger partial charge >= 0.3 is 0 Å². The first kappa shape index (κ1) is 14.9. The van der Waals surface area contributed by atoms with Crippen LogP contribution in [0.3, 0.4) is 0 Å². The lowest BCUT2D eigenvalue weighted by Crippen LogP contribution is -2.44. The molecule has 1 saturated carbocycles. The van der Waals surface area contributed by atoms with Crippen molar-refractivity contribution in [2.75, 3.05) is 12.3 Å². The molecule has 1 aliphatic rings. The van der Waals surface area contributed by atoms with Gasteiger partial charge in [0.15, 0.2) is 0 Å². The molecule has 1 aliphatic carbocycles. The molecule has 0 aromatic heterocycles. The van der Waals surface area contributed by atoms with Crippen LogP contribution < -0.4 is 11.1 Å². The van der Waals surface area contributed by atoms with Gasteiger partial charge in [-0.25, -0.2) is 0 Å². The second kappa shape index (κ2) is 5.83. The number of nitrogen functional groups attached to an aromatic ring is 1. The Balaban J connectivity index is 2.06. The van der Waals surface area contributed by atoms with Crippen molar-refractivity contribution in [3.63, 3.8) is 0 Å². The van der Waals surface area contributed by atoms with Crippen LogP contribution in [0.2, 0.25) is 0 Å². The van der Waals surface area contributed by atoms with E-state index in [9.17, 15) is 9.90 Å². The van der Waals surface area contributed by atoms with E-state index in [2.05, 4.69) is 19.2 Å².